The predicted octanol–water partition coefficient (Wildman–Crippen LogP) is 1.03. The highest BCUT2D eigenvalue weighted by Gasteiger charge is 2.13. The molecule has 4 nitrogen and oxygen atoms in total. The molecule has 0 saturated carbocycles. The fraction of sp³-hybridized carbons (Fsp3) is 0.600. The second kappa shape index (κ2) is 4.79. The number of hydrogen-bond acceptors (Lipinski definition) is 2. The smallest absolute Gasteiger partial charge is 0.331 e. The number of aliphatic carboxylic acids is 1. The van der Waals surface area contributed by atoms with Crippen LogP contribution >= 0.6 is 0 Å². The van der Waals surface area contributed by atoms with E-state index in [0.717, 1.165) is 6.42 Å². The van der Waals surface area contributed by atoms with E-state index in [1.165, 1.54) is 0 Å². The second-order valence-corrected chi connectivity index (χ2v) is 3.43. The molecule has 0 aromatic heterocycles. The Kier molecular flexibility index (Phi) is 3.68. The van der Waals surface area contributed by atoms with Crippen molar-refractivity contribution in [2.45, 2.75) is 26.2 Å². The van der Waals surface area contributed by atoms with Crippen LogP contribution in [0.1, 0.15) is 26.2 Å². The summed E-state index contributed by atoms with van der Waals surface area (Å²) in [6, 6.07) is 0. The van der Waals surface area contributed by atoms with Gasteiger partial charge in [-0.15, -0.1) is 0 Å². The Labute approximate surface area is 83.2 Å². The Hall–Kier alpha value is -1.32. The Morgan fingerprint density at radius 2 is 2.14 bits per heavy atom. The van der Waals surface area contributed by atoms with E-state index in [4.69, 9.17) is 5.11 Å². The van der Waals surface area contributed by atoms with Gasteiger partial charge in [0.1, 0.15) is 0 Å². The van der Waals surface area contributed by atoms with Crippen LogP contribution in [0.15, 0.2) is 11.6 Å². The van der Waals surface area contributed by atoms with Gasteiger partial charge in [0.25, 0.3) is 0 Å². The Balaban J connectivity index is 2.58. The lowest BCUT2D eigenvalue weighted by Crippen LogP contribution is -2.31. The first-order chi connectivity index (χ1) is 6.61. The maximum absolute atomic E-state index is 11.1. The van der Waals surface area contributed by atoms with Gasteiger partial charge in [0, 0.05) is 25.6 Å². The van der Waals surface area contributed by atoms with Crippen molar-refractivity contribution in [1.82, 2.24) is 4.90 Å². The van der Waals surface area contributed by atoms with Gasteiger partial charge in [-0.3, -0.25) is 4.79 Å². The molecule has 0 bridgehead atoms. The molecule has 0 saturated heterocycles. The molecule has 0 aromatic carbocycles. The molecule has 0 atom stereocenters. The lowest BCUT2D eigenvalue weighted by molar-refractivity contribution is -0.132. The number of hydrogen-bond donors (Lipinski definition) is 1. The summed E-state index contributed by atoms with van der Waals surface area (Å²) in [6.45, 7) is 2.84. The number of rotatable bonds is 1. The fourth-order valence-corrected chi connectivity index (χ4v) is 1.58. The Morgan fingerprint density at radius 1 is 1.43 bits per heavy atom. The van der Waals surface area contributed by atoms with Gasteiger partial charge in [-0.25, -0.2) is 4.79 Å². The van der Waals surface area contributed by atoms with Crippen LogP contribution in [-0.2, 0) is 9.59 Å². The molecule has 1 rings (SSSR count). The predicted molar refractivity (Wildman–Crippen MR) is 51.8 cm³/mol. The first-order valence-corrected chi connectivity index (χ1v) is 4.79. The summed E-state index contributed by atoms with van der Waals surface area (Å²) in [5.41, 5.74) is 0.480. The van der Waals surface area contributed by atoms with E-state index >= 15 is 0 Å². The summed E-state index contributed by atoms with van der Waals surface area (Å²) < 4.78 is 0. The van der Waals surface area contributed by atoms with E-state index in [-0.39, 0.29) is 5.91 Å². The molecule has 0 spiro atoms. The minimum atomic E-state index is -0.832. The molecule has 1 heterocycles. The third kappa shape index (κ3) is 2.87. The summed E-state index contributed by atoms with van der Waals surface area (Å²) in [6.07, 6.45) is 3.65. The lowest BCUT2D eigenvalue weighted by atomic mass is 10.1. The van der Waals surface area contributed by atoms with Gasteiger partial charge in [-0.05, 0) is 19.3 Å². The molecular formula is C10H15NO3. The molecule has 14 heavy (non-hydrogen) atoms. The molecule has 0 aliphatic carbocycles. The van der Waals surface area contributed by atoms with Crippen molar-refractivity contribution in [3.8, 4) is 0 Å². The number of carboxylic acid groups (broad SMARTS) is 1. The van der Waals surface area contributed by atoms with Crippen molar-refractivity contribution in [3.63, 3.8) is 0 Å². The van der Waals surface area contributed by atoms with Gasteiger partial charge in [-0.2, -0.15) is 0 Å². The van der Waals surface area contributed by atoms with Gasteiger partial charge >= 0.3 is 5.97 Å². The van der Waals surface area contributed by atoms with Crippen LogP contribution in [0.5, 0.6) is 0 Å². The highest BCUT2D eigenvalue weighted by molar-refractivity contribution is 5.86. The van der Waals surface area contributed by atoms with E-state index < -0.39 is 5.97 Å². The van der Waals surface area contributed by atoms with Crippen molar-refractivity contribution in [2.24, 2.45) is 0 Å². The lowest BCUT2D eigenvalue weighted by Gasteiger charge is -2.22. The summed E-state index contributed by atoms with van der Waals surface area (Å²) in [4.78, 5) is 23.5. The molecule has 0 radical (unpaired) electrons. The van der Waals surface area contributed by atoms with Crippen molar-refractivity contribution in [3.05, 3.63) is 11.6 Å². The third-order valence-electron chi connectivity index (χ3n) is 2.38. The van der Waals surface area contributed by atoms with Crippen LogP contribution in [0.2, 0.25) is 0 Å². The van der Waals surface area contributed by atoms with Crippen LogP contribution in [-0.4, -0.2) is 35.0 Å². The standard InChI is InChI=1S/C10H15NO3/c1-8(12)11-6-2-4-9(10(13)14)5-3-7-11/h4H,2-3,5-7H2,1H3,(H,13,14)/b9-4+. The van der Waals surface area contributed by atoms with Gasteiger partial charge in [0.05, 0.1) is 0 Å². The van der Waals surface area contributed by atoms with Crippen molar-refractivity contribution >= 4 is 11.9 Å². The average Bonchev–Trinajstić information content (AvgIpc) is 2.01. The monoisotopic (exact) mass is 197 g/mol. The van der Waals surface area contributed by atoms with E-state index in [1.54, 1.807) is 17.9 Å². The largest absolute Gasteiger partial charge is 0.478 e. The van der Waals surface area contributed by atoms with Crippen LogP contribution in [0.3, 0.4) is 0 Å². The van der Waals surface area contributed by atoms with Crippen LogP contribution in [0.25, 0.3) is 0 Å². The average molecular weight is 197 g/mol. The molecule has 0 aromatic rings. The zero-order valence-electron chi connectivity index (χ0n) is 8.32. The molecule has 0 unspecified atom stereocenters. The molecule has 1 aliphatic heterocycles. The summed E-state index contributed by atoms with van der Waals surface area (Å²) in [7, 11) is 0. The normalized spacial score (nSPS) is 21.8. The fourth-order valence-electron chi connectivity index (χ4n) is 1.58. The zero-order chi connectivity index (χ0) is 10.6. The SMILES string of the molecule is CC(=O)N1CC/C=C(/C(=O)O)CCC1. The van der Waals surface area contributed by atoms with Gasteiger partial charge in [-0.1, -0.05) is 6.08 Å². The number of amides is 1. The summed E-state index contributed by atoms with van der Waals surface area (Å²) in [5.74, 6) is -0.765. The number of carbonyl (C=O) groups is 2. The molecular weight excluding hydrogens is 182 g/mol. The minimum absolute atomic E-state index is 0.0668. The molecule has 4 heteroatoms. The Bertz CT molecular complexity index is 271. The molecule has 1 N–H and O–H groups in total. The first kappa shape index (κ1) is 10.8. The van der Waals surface area contributed by atoms with Gasteiger partial charge in [0.2, 0.25) is 5.91 Å². The Morgan fingerprint density at radius 3 is 2.71 bits per heavy atom. The highest BCUT2D eigenvalue weighted by Crippen LogP contribution is 2.12. The van der Waals surface area contributed by atoms with Crippen LogP contribution < -0.4 is 0 Å². The zero-order valence-corrected chi connectivity index (χ0v) is 8.32. The topological polar surface area (TPSA) is 57.6 Å². The highest BCUT2D eigenvalue weighted by atomic mass is 16.4. The molecule has 0 fully saturated rings. The molecule has 1 aliphatic rings. The molecule has 78 valence electrons. The maximum atomic E-state index is 11.1. The van der Waals surface area contributed by atoms with Crippen molar-refractivity contribution in [2.75, 3.05) is 13.1 Å². The number of carboxylic acids is 1. The minimum Gasteiger partial charge on any atom is -0.478 e. The summed E-state index contributed by atoms with van der Waals surface area (Å²) in [5, 5.41) is 8.78. The van der Waals surface area contributed by atoms with Crippen molar-refractivity contribution in [1.29, 1.82) is 0 Å². The molecule has 1 amide bonds. The van der Waals surface area contributed by atoms with E-state index in [1.807, 2.05) is 0 Å². The van der Waals surface area contributed by atoms with E-state index in [9.17, 15) is 9.59 Å². The number of carbonyl (C=O) groups excluding carboxylic acids is 1. The van der Waals surface area contributed by atoms with E-state index in [2.05, 4.69) is 0 Å². The first-order valence-electron chi connectivity index (χ1n) is 4.79. The third-order valence-corrected chi connectivity index (χ3v) is 2.38. The quantitative estimate of drug-likeness (QED) is 0.683. The van der Waals surface area contributed by atoms with Crippen LogP contribution in [0.4, 0.5) is 0 Å². The maximum Gasteiger partial charge on any atom is 0.331 e. The van der Waals surface area contributed by atoms with E-state index in [0.29, 0.717) is 31.5 Å². The number of nitrogens with zero attached hydrogens (tertiary/aromatic N) is 1. The van der Waals surface area contributed by atoms with Gasteiger partial charge < -0.3 is 10.0 Å². The van der Waals surface area contributed by atoms with Crippen LogP contribution in [0, 0.1) is 0 Å². The second-order valence-electron chi connectivity index (χ2n) is 3.43. The van der Waals surface area contributed by atoms with Crippen molar-refractivity contribution < 1.29 is 14.7 Å². The van der Waals surface area contributed by atoms with Gasteiger partial charge in [0.15, 0.2) is 0 Å². The summed E-state index contributed by atoms with van der Waals surface area (Å²) >= 11 is 0.